The molecule has 4 nitrogen and oxygen atoms in total. The Labute approximate surface area is 147 Å². The number of hydrogen-bond donors (Lipinski definition) is 2. The Morgan fingerprint density at radius 1 is 0.792 bits per heavy atom. The number of benzene rings is 2. The molecule has 2 N–H and O–H groups in total. The van der Waals surface area contributed by atoms with E-state index in [-0.39, 0.29) is 23.0 Å². The van der Waals surface area contributed by atoms with Crippen molar-refractivity contribution in [3.63, 3.8) is 0 Å². The molecule has 2 aromatic carbocycles. The second kappa shape index (κ2) is 8.55. The van der Waals surface area contributed by atoms with E-state index in [1.807, 2.05) is 51.1 Å². The van der Waals surface area contributed by atoms with Crippen LogP contribution < -0.4 is 10.6 Å². The lowest BCUT2D eigenvalue weighted by atomic mass is 10.2. The van der Waals surface area contributed by atoms with Gasteiger partial charge in [0, 0.05) is 22.2 Å². The number of thioether (sulfide) groups is 1. The van der Waals surface area contributed by atoms with Gasteiger partial charge in [-0.05, 0) is 43.3 Å². The average molecular weight is 342 g/mol. The highest BCUT2D eigenvalue weighted by molar-refractivity contribution is 8.00. The van der Waals surface area contributed by atoms with Crippen LogP contribution in [0.1, 0.15) is 20.8 Å². The van der Waals surface area contributed by atoms with E-state index < -0.39 is 0 Å². The van der Waals surface area contributed by atoms with Crippen molar-refractivity contribution >= 4 is 35.0 Å². The van der Waals surface area contributed by atoms with Crippen molar-refractivity contribution in [3.05, 3.63) is 54.6 Å². The number of amides is 2. The number of nitrogens with one attached hydrogen (secondary N) is 2. The first-order valence-corrected chi connectivity index (χ1v) is 8.77. The van der Waals surface area contributed by atoms with Gasteiger partial charge in [0.2, 0.25) is 11.8 Å². The Morgan fingerprint density at radius 2 is 1.29 bits per heavy atom. The van der Waals surface area contributed by atoms with Crippen LogP contribution in [0.2, 0.25) is 0 Å². The van der Waals surface area contributed by atoms with Crippen molar-refractivity contribution in [3.8, 4) is 0 Å². The molecule has 0 aliphatic heterocycles. The lowest BCUT2D eigenvalue weighted by Crippen LogP contribution is -2.22. The van der Waals surface area contributed by atoms with E-state index in [2.05, 4.69) is 10.6 Å². The van der Waals surface area contributed by atoms with Gasteiger partial charge in [0.1, 0.15) is 0 Å². The summed E-state index contributed by atoms with van der Waals surface area (Å²) in [6.45, 7) is 5.57. The third kappa shape index (κ3) is 5.42. The lowest BCUT2D eigenvalue weighted by molar-refractivity contribution is -0.119. The monoisotopic (exact) mass is 342 g/mol. The first-order chi connectivity index (χ1) is 11.5. The zero-order valence-electron chi connectivity index (χ0n) is 14.1. The number of rotatable bonds is 6. The molecule has 0 saturated heterocycles. The Hall–Kier alpha value is -2.27. The van der Waals surface area contributed by atoms with E-state index in [1.54, 1.807) is 24.3 Å². The van der Waals surface area contributed by atoms with Gasteiger partial charge in [0.05, 0.1) is 5.25 Å². The standard InChI is InChI=1S/C19H22N2O2S/c1-13(2)18(22)20-15-9-11-16(12-10-15)21-19(23)14(3)24-17-7-5-4-6-8-17/h4-14H,1-3H3,(H,20,22)(H,21,23). The summed E-state index contributed by atoms with van der Waals surface area (Å²) in [7, 11) is 0. The number of anilines is 2. The molecule has 0 heterocycles. The van der Waals surface area contributed by atoms with Gasteiger partial charge in [-0.3, -0.25) is 9.59 Å². The molecule has 0 radical (unpaired) electrons. The fourth-order valence-electron chi connectivity index (χ4n) is 1.92. The van der Waals surface area contributed by atoms with Gasteiger partial charge in [-0.25, -0.2) is 0 Å². The van der Waals surface area contributed by atoms with Crippen molar-refractivity contribution in [1.29, 1.82) is 0 Å². The highest BCUT2D eigenvalue weighted by Gasteiger charge is 2.14. The van der Waals surface area contributed by atoms with Gasteiger partial charge in [-0.15, -0.1) is 11.8 Å². The third-order valence-electron chi connectivity index (χ3n) is 3.37. The Balaban J connectivity index is 1.90. The minimum absolute atomic E-state index is 0.0281. The maximum atomic E-state index is 12.3. The number of hydrogen-bond acceptors (Lipinski definition) is 3. The summed E-state index contributed by atoms with van der Waals surface area (Å²) >= 11 is 1.52. The Kier molecular flexibility index (Phi) is 6.44. The lowest BCUT2D eigenvalue weighted by Gasteiger charge is -2.13. The van der Waals surface area contributed by atoms with Gasteiger partial charge in [-0.1, -0.05) is 32.0 Å². The molecular weight excluding hydrogens is 320 g/mol. The zero-order valence-corrected chi connectivity index (χ0v) is 14.9. The summed E-state index contributed by atoms with van der Waals surface area (Å²) in [6.07, 6.45) is 0. The molecule has 5 heteroatoms. The summed E-state index contributed by atoms with van der Waals surface area (Å²) in [5.41, 5.74) is 1.43. The largest absolute Gasteiger partial charge is 0.326 e. The molecule has 0 saturated carbocycles. The van der Waals surface area contributed by atoms with Crippen LogP contribution >= 0.6 is 11.8 Å². The molecular formula is C19H22N2O2S. The molecule has 24 heavy (non-hydrogen) atoms. The smallest absolute Gasteiger partial charge is 0.237 e. The maximum Gasteiger partial charge on any atom is 0.237 e. The SMILES string of the molecule is CC(C)C(=O)Nc1ccc(NC(=O)C(C)Sc2ccccc2)cc1. The predicted molar refractivity (Wildman–Crippen MR) is 100 cm³/mol. The average Bonchev–Trinajstić information content (AvgIpc) is 2.57. The molecule has 2 amide bonds. The van der Waals surface area contributed by atoms with Crippen LogP contribution in [0.3, 0.4) is 0 Å². The molecule has 0 aromatic heterocycles. The van der Waals surface area contributed by atoms with Crippen LogP contribution in [0.25, 0.3) is 0 Å². The van der Waals surface area contributed by atoms with Crippen molar-refractivity contribution in [2.24, 2.45) is 5.92 Å². The van der Waals surface area contributed by atoms with E-state index in [4.69, 9.17) is 0 Å². The van der Waals surface area contributed by atoms with Crippen LogP contribution in [-0.4, -0.2) is 17.1 Å². The Morgan fingerprint density at radius 3 is 1.79 bits per heavy atom. The fraction of sp³-hybridized carbons (Fsp3) is 0.263. The topological polar surface area (TPSA) is 58.2 Å². The molecule has 126 valence electrons. The summed E-state index contributed by atoms with van der Waals surface area (Å²) in [6, 6.07) is 17.0. The van der Waals surface area contributed by atoms with E-state index in [9.17, 15) is 9.59 Å². The van der Waals surface area contributed by atoms with E-state index in [0.29, 0.717) is 5.69 Å². The van der Waals surface area contributed by atoms with Crippen molar-refractivity contribution in [2.45, 2.75) is 30.9 Å². The first-order valence-electron chi connectivity index (χ1n) is 7.89. The van der Waals surface area contributed by atoms with Gasteiger partial charge in [-0.2, -0.15) is 0 Å². The van der Waals surface area contributed by atoms with Gasteiger partial charge in [0.25, 0.3) is 0 Å². The number of carbonyl (C=O) groups excluding carboxylic acids is 2. The summed E-state index contributed by atoms with van der Waals surface area (Å²) in [5.74, 6) is -0.150. The highest BCUT2D eigenvalue weighted by Crippen LogP contribution is 2.24. The summed E-state index contributed by atoms with van der Waals surface area (Å²) < 4.78 is 0. The van der Waals surface area contributed by atoms with Crippen LogP contribution in [0, 0.1) is 5.92 Å². The molecule has 2 aromatic rings. The highest BCUT2D eigenvalue weighted by atomic mass is 32.2. The second-order valence-corrected chi connectivity index (χ2v) is 7.20. The van der Waals surface area contributed by atoms with E-state index in [0.717, 1.165) is 10.6 Å². The van der Waals surface area contributed by atoms with Gasteiger partial charge < -0.3 is 10.6 Å². The fourth-order valence-corrected chi connectivity index (χ4v) is 2.81. The molecule has 0 bridgehead atoms. The van der Waals surface area contributed by atoms with Crippen molar-refractivity contribution in [2.75, 3.05) is 10.6 Å². The minimum Gasteiger partial charge on any atom is -0.326 e. The molecule has 0 spiro atoms. The molecule has 0 fully saturated rings. The quantitative estimate of drug-likeness (QED) is 0.765. The second-order valence-electron chi connectivity index (χ2n) is 5.78. The predicted octanol–water partition coefficient (Wildman–Crippen LogP) is 4.40. The van der Waals surface area contributed by atoms with Crippen molar-refractivity contribution in [1.82, 2.24) is 0 Å². The minimum atomic E-state index is -0.201. The third-order valence-corrected chi connectivity index (χ3v) is 4.48. The maximum absolute atomic E-state index is 12.3. The van der Waals surface area contributed by atoms with Gasteiger partial charge >= 0.3 is 0 Å². The normalized spacial score (nSPS) is 11.8. The van der Waals surface area contributed by atoms with E-state index >= 15 is 0 Å². The first kappa shape index (κ1) is 18.1. The van der Waals surface area contributed by atoms with Gasteiger partial charge in [0.15, 0.2) is 0 Å². The van der Waals surface area contributed by atoms with E-state index in [1.165, 1.54) is 11.8 Å². The molecule has 0 aliphatic carbocycles. The summed E-state index contributed by atoms with van der Waals surface area (Å²) in [4.78, 5) is 25.0. The molecule has 2 rings (SSSR count). The summed E-state index contributed by atoms with van der Waals surface area (Å²) in [5, 5.41) is 5.51. The molecule has 0 aliphatic rings. The van der Waals surface area contributed by atoms with Crippen LogP contribution in [0.15, 0.2) is 59.5 Å². The molecule has 1 atom stereocenters. The van der Waals surface area contributed by atoms with Crippen LogP contribution in [0.4, 0.5) is 11.4 Å². The van der Waals surface area contributed by atoms with Crippen molar-refractivity contribution < 1.29 is 9.59 Å². The Bertz CT molecular complexity index is 684. The number of carbonyl (C=O) groups is 2. The zero-order chi connectivity index (χ0) is 17.5. The van der Waals surface area contributed by atoms with Crippen LogP contribution in [0.5, 0.6) is 0 Å². The molecule has 1 unspecified atom stereocenters. The van der Waals surface area contributed by atoms with Crippen LogP contribution in [-0.2, 0) is 9.59 Å².